The Hall–Kier alpha value is -1.40. The van der Waals surface area contributed by atoms with Crippen molar-refractivity contribution in [2.75, 3.05) is 13.2 Å². The molecule has 0 radical (unpaired) electrons. The molecule has 2 N–H and O–H groups in total. The normalized spacial score (nSPS) is 17.8. The molecule has 0 spiro atoms. The topological polar surface area (TPSA) is 86.5 Å². The van der Waals surface area contributed by atoms with Crippen molar-refractivity contribution >= 4 is 15.7 Å². The molecule has 0 bridgehead atoms. The van der Waals surface area contributed by atoms with Crippen molar-refractivity contribution in [3.63, 3.8) is 0 Å². The number of primary amides is 1. The lowest BCUT2D eigenvalue weighted by atomic mass is 9.98. The summed E-state index contributed by atoms with van der Waals surface area (Å²) in [7, 11) is -3.82. The van der Waals surface area contributed by atoms with Crippen LogP contribution in [0.1, 0.15) is 44.6 Å². The van der Waals surface area contributed by atoms with Gasteiger partial charge in [0.05, 0.1) is 4.90 Å². The van der Waals surface area contributed by atoms with Crippen molar-refractivity contribution in [1.82, 2.24) is 0 Å². The van der Waals surface area contributed by atoms with Gasteiger partial charge in [0.1, 0.15) is 0 Å². The molecule has 128 valence electrons. The van der Waals surface area contributed by atoms with Crippen molar-refractivity contribution in [1.29, 1.82) is 0 Å². The van der Waals surface area contributed by atoms with Crippen LogP contribution >= 0.6 is 0 Å². The Morgan fingerprint density at radius 2 is 1.78 bits per heavy atom. The van der Waals surface area contributed by atoms with Crippen LogP contribution in [0.5, 0.6) is 0 Å². The number of hydrogen-bond acceptors (Lipinski definition) is 4. The van der Waals surface area contributed by atoms with Crippen LogP contribution in [0.25, 0.3) is 0 Å². The maximum Gasteiger partial charge on any atom is 0.239 e. The lowest BCUT2D eigenvalue weighted by molar-refractivity contribution is -0.122. The molecule has 0 aliphatic carbocycles. The molecule has 1 fully saturated rings. The van der Waals surface area contributed by atoms with Crippen molar-refractivity contribution in [3.05, 3.63) is 29.8 Å². The second-order valence-corrected chi connectivity index (χ2v) is 8.34. The second kappa shape index (κ2) is 7.45. The van der Waals surface area contributed by atoms with Crippen LogP contribution in [0.2, 0.25) is 0 Å². The first-order valence-electron chi connectivity index (χ1n) is 8.15. The Balaban J connectivity index is 2.26. The summed E-state index contributed by atoms with van der Waals surface area (Å²) < 4.78 is 29.6. The third-order valence-corrected chi connectivity index (χ3v) is 7.10. The van der Waals surface area contributed by atoms with E-state index in [0.29, 0.717) is 0 Å². The Morgan fingerprint density at radius 3 is 2.30 bits per heavy atom. The molecule has 5 nitrogen and oxygen atoms in total. The summed E-state index contributed by atoms with van der Waals surface area (Å²) in [5, 5.41) is 0. The van der Waals surface area contributed by atoms with E-state index in [1.54, 1.807) is 12.1 Å². The van der Waals surface area contributed by atoms with Gasteiger partial charge < -0.3 is 10.5 Å². The molecule has 0 saturated carbocycles. The fraction of sp³-hybridized carbons (Fsp3) is 0.588. The Kier molecular flexibility index (Phi) is 5.81. The van der Waals surface area contributed by atoms with Gasteiger partial charge in [-0.1, -0.05) is 31.9 Å². The number of aryl methyl sites for hydroxylation is 1. The minimum atomic E-state index is -3.82. The summed E-state index contributed by atoms with van der Waals surface area (Å²) in [5.74, 6) is -0.784. The SMILES string of the molecule is CCCCCc1ccc(S(=O)(=O)C2(C(N)=O)CCOCC2)cc1. The van der Waals surface area contributed by atoms with E-state index in [-0.39, 0.29) is 31.0 Å². The van der Waals surface area contributed by atoms with E-state index in [2.05, 4.69) is 6.92 Å². The number of unbranched alkanes of at least 4 members (excludes halogenated alkanes) is 2. The van der Waals surface area contributed by atoms with Crippen LogP contribution in [-0.2, 0) is 25.8 Å². The molecule has 0 unspecified atom stereocenters. The number of amides is 1. The second-order valence-electron chi connectivity index (χ2n) is 6.08. The number of sulfone groups is 1. The highest BCUT2D eigenvalue weighted by atomic mass is 32.2. The number of carbonyl (C=O) groups excluding carboxylic acids is 1. The zero-order chi connectivity index (χ0) is 16.9. The predicted octanol–water partition coefficient (Wildman–Crippen LogP) is 2.23. The first-order chi connectivity index (χ1) is 10.9. The molecule has 1 aromatic carbocycles. The van der Waals surface area contributed by atoms with Crippen molar-refractivity contribution in [2.24, 2.45) is 5.73 Å². The van der Waals surface area contributed by atoms with Gasteiger partial charge in [0.25, 0.3) is 0 Å². The maximum absolute atomic E-state index is 13.0. The molecule has 1 saturated heterocycles. The minimum absolute atomic E-state index is 0.114. The summed E-state index contributed by atoms with van der Waals surface area (Å²) in [5.41, 5.74) is 6.57. The zero-order valence-corrected chi connectivity index (χ0v) is 14.4. The molecule has 1 aliphatic rings. The first kappa shape index (κ1) is 17.9. The number of ether oxygens (including phenoxy) is 1. The van der Waals surface area contributed by atoms with E-state index in [1.165, 1.54) is 0 Å². The number of rotatable bonds is 7. The van der Waals surface area contributed by atoms with Gasteiger partial charge in [-0.3, -0.25) is 4.79 Å². The first-order valence-corrected chi connectivity index (χ1v) is 9.63. The van der Waals surface area contributed by atoms with Gasteiger partial charge in [-0.2, -0.15) is 0 Å². The van der Waals surface area contributed by atoms with Crippen molar-refractivity contribution in [2.45, 2.75) is 55.1 Å². The largest absolute Gasteiger partial charge is 0.381 e. The molecular formula is C17H25NO4S. The molecular weight excluding hydrogens is 314 g/mol. The van der Waals surface area contributed by atoms with Crippen molar-refractivity contribution < 1.29 is 17.9 Å². The van der Waals surface area contributed by atoms with Crippen LogP contribution < -0.4 is 5.73 Å². The van der Waals surface area contributed by atoms with E-state index >= 15 is 0 Å². The molecule has 1 amide bonds. The molecule has 0 aromatic heterocycles. The molecule has 1 aliphatic heterocycles. The van der Waals surface area contributed by atoms with Gasteiger partial charge in [0.2, 0.25) is 5.91 Å². The summed E-state index contributed by atoms with van der Waals surface area (Å²) >= 11 is 0. The van der Waals surface area contributed by atoms with Gasteiger partial charge in [0, 0.05) is 13.2 Å². The Labute approximate surface area is 138 Å². The molecule has 2 rings (SSSR count). The van der Waals surface area contributed by atoms with Gasteiger partial charge >= 0.3 is 0 Å². The highest BCUT2D eigenvalue weighted by Crippen LogP contribution is 2.34. The van der Waals surface area contributed by atoms with Crippen LogP contribution in [-0.4, -0.2) is 32.3 Å². The lowest BCUT2D eigenvalue weighted by Crippen LogP contribution is -2.53. The van der Waals surface area contributed by atoms with E-state index < -0.39 is 20.5 Å². The Morgan fingerprint density at radius 1 is 1.17 bits per heavy atom. The number of hydrogen-bond donors (Lipinski definition) is 1. The smallest absolute Gasteiger partial charge is 0.239 e. The van der Waals surface area contributed by atoms with Crippen LogP contribution in [0.4, 0.5) is 0 Å². The number of nitrogens with two attached hydrogens (primary N) is 1. The Bertz CT molecular complexity index is 631. The summed E-state index contributed by atoms with van der Waals surface area (Å²) in [6.45, 7) is 2.61. The maximum atomic E-state index is 13.0. The third kappa shape index (κ3) is 3.58. The molecule has 23 heavy (non-hydrogen) atoms. The monoisotopic (exact) mass is 339 g/mol. The van der Waals surface area contributed by atoms with E-state index in [1.807, 2.05) is 12.1 Å². The third-order valence-electron chi connectivity index (χ3n) is 4.57. The van der Waals surface area contributed by atoms with Crippen LogP contribution in [0.3, 0.4) is 0 Å². The molecule has 6 heteroatoms. The summed E-state index contributed by atoms with van der Waals surface area (Å²) in [6.07, 6.45) is 4.56. The summed E-state index contributed by atoms with van der Waals surface area (Å²) in [6, 6.07) is 6.85. The average molecular weight is 339 g/mol. The quantitative estimate of drug-likeness (QED) is 0.772. The van der Waals surface area contributed by atoms with E-state index in [4.69, 9.17) is 10.5 Å². The van der Waals surface area contributed by atoms with E-state index in [0.717, 1.165) is 31.2 Å². The van der Waals surface area contributed by atoms with E-state index in [9.17, 15) is 13.2 Å². The number of benzene rings is 1. The minimum Gasteiger partial charge on any atom is -0.381 e. The summed E-state index contributed by atoms with van der Waals surface area (Å²) in [4.78, 5) is 12.1. The van der Waals surface area contributed by atoms with Gasteiger partial charge in [-0.25, -0.2) is 8.42 Å². The highest BCUT2D eigenvalue weighted by Gasteiger charge is 2.50. The van der Waals surface area contributed by atoms with Crippen LogP contribution in [0, 0.1) is 0 Å². The van der Waals surface area contributed by atoms with Crippen LogP contribution in [0.15, 0.2) is 29.2 Å². The van der Waals surface area contributed by atoms with Gasteiger partial charge in [0.15, 0.2) is 14.6 Å². The van der Waals surface area contributed by atoms with Crippen molar-refractivity contribution in [3.8, 4) is 0 Å². The molecule has 1 aromatic rings. The fourth-order valence-corrected chi connectivity index (χ4v) is 4.90. The zero-order valence-electron chi connectivity index (χ0n) is 13.6. The predicted molar refractivity (Wildman–Crippen MR) is 88.8 cm³/mol. The average Bonchev–Trinajstić information content (AvgIpc) is 2.56. The standard InChI is InChI=1S/C17H25NO4S/c1-2-3-4-5-14-6-8-15(9-7-14)23(20,21)17(16(18)19)10-12-22-13-11-17/h6-9H,2-5,10-13H2,1H3,(H2,18,19). The highest BCUT2D eigenvalue weighted by molar-refractivity contribution is 7.93. The fourth-order valence-electron chi connectivity index (χ4n) is 2.99. The molecule has 0 atom stereocenters. The molecule has 1 heterocycles. The lowest BCUT2D eigenvalue weighted by Gasteiger charge is -2.33. The van der Waals surface area contributed by atoms with Gasteiger partial charge in [-0.15, -0.1) is 0 Å². The van der Waals surface area contributed by atoms with Gasteiger partial charge in [-0.05, 0) is 43.4 Å². The number of carbonyl (C=O) groups is 1.